The summed E-state index contributed by atoms with van der Waals surface area (Å²) < 4.78 is 5.47. The van der Waals surface area contributed by atoms with E-state index in [2.05, 4.69) is 26.2 Å². The molecule has 1 saturated heterocycles. The van der Waals surface area contributed by atoms with Gasteiger partial charge in [0, 0.05) is 46.8 Å². The Morgan fingerprint density at radius 2 is 1.88 bits per heavy atom. The summed E-state index contributed by atoms with van der Waals surface area (Å²) in [4.78, 5) is 22.4. The summed E-state index contributed by atoms with van der Waals surface area (Å²) in [5.41, 5.74) is 1.12. The zero-order valence-corrected chi connectivity index (χ0v) is 18.4. The van der Waals surface area contributed by atoms with E-state index in [1.807, 2.05) is 25.1 Å². The quantitative estimate of drug-likeness (QED) is 0.398. The van der Waals surface area contributed by atoms with Crippen LogP contribution >= 0.6 is 24.0 Å². The molecule has 7 nitrogen and oxygen atoms in total. The first-order valence-electron chi connectivity index (χ1n) is 8.68. The number of hydrogen-bond donors (Lipinski definition) is 1. The molecule has 146 valence electrons. The average molecular weight is 475 g/mol. The van der Waals surface area contributed by atoms with Crippen molar-refractivity contribution in [2.45, 2.75) is 6.92 Å². The van der Waals surface area contributed by atoms with E-state index in [4.69, 9.17) is 4.74 Å². The molecule has 0 atom stereocenters. The summed E-state index contributed by atoms with van der Waals surface area (Å²) in [5, 5.41) is 3.29. The van der Waals surface area contributed by atoms with Crippen LogP contribution in [0.3, 0.4) is 0 Å². The zero-order chi connectivity index (χ0) is 18.2. The minimum atomic E-state index is 0. The van der Waals surface area contributed by atoms with Gasteiger partial charge in [0.2, 0.25) is 5.91 Å². The van der Waals surface area contributed by atoms with Gasteiger partial charge in [-0.15, -0.1) is 24.0 Å². The highest BCUT2D eigenvalue weighted by atomic mass is 127. The molecule has 0 spiro atoms. The number of carbonyl (C=O) groups is 1. The number of nitrogens with zero attached hydrogens (tertiary/aromatic N) is 4. The molecule has 2 rings (SSSR count). The Bertz CT molecular complexity index is 601. The number of piperazine rings is 1. The second-order valence-corrected chi connectivity index (χ2v) is 6.10. The van der Waals surface area contributed by atoms with Gasteiger partial charge in [0.25, 0.3) is 0 Å². The van der Waals surface area contributed by atoms with Crippen LogP contribution < -0.4 is 15.0 Å². The zero-order valence-electron chi connectivity index (χ0n) is 16.1. The molecule has 0 aliphatic carbocycles. The van der Waals surface area contributed by atoms with Crippen molar-refractivity contribution in [1.29, 1.82) is 0 Å². The predicted molar refractivity (Wildman–Crippen MR) is 117 cm³/mol. The number of amides is 1. The lowest BCUT2D eigenvalue weighted by molar-refractivity contribution is -0.127. The fourth-order valence-electron chi connectivity index (χ4n) is 2.76. The van der Waals surface area contributed by atoms with Crippen molar-refractivity contribution in [2.24, 2.45) is 4.99 Å². The Hall–Kier alpha value is -1.71. The maximum atomic E-state index is 11.8. The first-order chi connectivity index (χ1) is 12.1. The highest BCUT2D eigenvalue weighted by molar-refractivity contribution is 14.0. The van der Waals surface area contributed by atoms with Crippen LogP contribution in [0.15, 0.2) is 29.3 Å². The van der Waals surface area contributed by atoms with Crippen molar-refractivity contribution in [2.75, 3.05) is 65.4 Å². The van der Waals surface area contributed by atoms with Gasteiger partial charge in [-0.2, -0.15) is 0 Å². The van der Waals surface area contributed by atoms with Crippen LogP contribution in [-0.4, -0.2) is 82.1 Å². The maximum absolute atomic E-state index is 11.8. The van der Waals surface area contributed by atoms with Gasteiger partial charge in [-0.05, 0) is 19.1 Å². The molecule has 0 saturated carbocycles. The summed E-state index contributed by atoms with van der Waals surface area (Å²) in [5.74, 6) is 1.70. The normalized spacial score (nSPS) is 14.5. The standard InChI is InChI=1S/C18H29N5O2.HI/c1-5-19-18(20-14-17(24)21(2)3)23-12-10-22(11-13-23)15-8-6-7-9-16(15)25-4;/h6-9H,5,10-14H2,1-4H3,(H,19,20);1H. The second kappa shape index (κ2) is 11.1. The van der Waals surface area contributed by atoms with Crippen molar-refractivity contribution >= 4 is 41.5 Å². The van der Waals surface area contributed by atoms with Gasteiger partial charge < -0.3 is 24.8 Å². The fourth-order valence-corrected chi connectivity index (χ4v) is 2.76. The molecular formula is C18H30IN5O2. The fraction of sp³-hybridized carbons (Fsp3) is 0.556. The van der Waals surface area contributed by atoms with Gasteiger partial charge >= 0.3 is 0 Å². The monoisotopic (exact) mass is 475 g/mol. The molecule has 1 heterocycles. The number of ether oxygens (including phenoxy) is 1. The number of para-hydroxylation sites is 2. The lowest BCUT2D eigenvalue weighted by Crippen LogP contribution is -2.52. The number of nitrogens with one attached hydrogen (secondary N) is 1. The largest absolute Gasteiger partial charge is 0.495 e. The van der Waals surface area contributed by atoms with E-state index < -0.39 is 0 Å². The Kier molecular flexibility index (Phi) is 9.53. The number of halogens is 1. The van der Waals surface area contributed by atoms with Crippen LogP contribution in [0.1, 0.15) is 6.92 Å². The topological polar surface area (TPSA) is 60.4 Å². The summed E-state index contributed by atoms with van der Waals surface area (Å²) in [7, 11) is 5.19. The lowest BCUT2D eigenvalue weighted by Gasteiger charge is -2.38. The first-order valence-corrected chi connectivity index (χ1v) is 8.68. The van der Waals surface area contributed by atoms with E-state index in [1.54, 1.807) is 26.1 Å². The lowest BCUT2D eigenvalue weighted by atomic mass is 10.2. The maximum Gasteiger partial charge on any atom is 0.243 e. The molecule has 0 bridgehead atoms. The van der Waals surface area contributed by atoms with E-state index in [0.29, 0.717) is 0 Å². The van der Waals surface area contributed by atoms with Crippen LogP contribution in [0.5, 0.6) is 5.75 Å². The van der Waals surface area contributed by atoms with Gasteiger partial charge in [0.1, 0.15) is 12.3 Å². The summed E-state index contributed by atoms with van der Waals surface area (Å²) >= 11 is 0. The molecule has 1 aromatic carbocycles. The number of likely N-dealkylation sites (N-methyl/N-ethyl adjacent to an activating group) is 1. The SMILES string of the molecule is CCNC(=NCC(=O)N(C)C)N1CCN(c2ccccc2OC)CC1.I. The highest BCUT2D eigenvalue weighted by Gasteiger charge is 2.21. The van der Waals surface area contributed by atoms with Crippen LogP contribution in [0.2, 0.25) is 0 Å². The molecule has 1 aliphatic heterocycles. The predicted octanol–water partition coefficient (Wildman–Crippen LogP) is 1.49. The number of guanidine groups is 1. The van der Waals surface area contributed by atoms with Crippen molar-refractivity contribution in [3.05, 3.63) is 24.3 Å². The number of rotatable bonds is 5. The molecule has 1 aromatic rings. The molecule has 0 radical (unpaired) electrons. The number of carbonyl (C=O) groups excluding carboxylic acids is 1. The number of methoxy groups -OCH3 is 1. The van der Waals surface area contributed by atoms with Crippen molar-refractivity contribution in [3.63, 3.8) is 0 Å². The third-order valence-corrected chi connectivity index (χ3v) is 4.20. The van der Waals surface area contributed by atoms with Crippen LogP contribution in [0, 0.1) is 0 Å². The summed E-state index contributed by atoms with van der Waals surface area (Å²) in [6, 6.07) is 8.09. The molecular weight excluding hydrogens is 445 g/mol. The Morgan fingerprint density at radius 1 is 1.23 bits per heavy atom. The van der Waals surface area contributed by atoms with Gasteiger partial charge in [-0.25, -0.2) is 4.99 Å². The minimum Gasteiger partial charge on any atom is -0.495 e. The third-order valence-electron chi connectivity index (χ3n) is 4.20. The third kappa shape index (κ3) is 5.93. The molecule has 0 unspecified atom stereocenters. The molecule has 1 aliphatic rings. The van der Waals surface area contributed by atoms with E-state index >= 15 is 0 Å². The van der Waals surface area contributed by atoms with Crippen molar-refractivity contribution < 1.29 is 9.53 Å². The average Bonchev–Trinajstić information content (AvgIpc) is 2.65. The van der Waals surface area contributed by atoms with Crippen LogP contribution in [0.25, 0.3) is 0 Å². The molecule has 0 aromatic heterocycles. The van der Waals surface area contributed by atoms with Crippen LogP contribution in [0.4, 0.5) is 5.69 Å². The van der Waals surface area contributed by atoms with Gasteiger partial charge in [0.05, 0.1) is 12.8 Å². The number of hydrogen-bond acceptors (Lipinski definition) is 4. The molecule has 26 heavy (non-hydrogen) atoms. The van der Waals surface area contributed by atoms with E-state index in [1.165, 1.54) is 0 Å². The Labute approximate surface area is 173 Å². The number of benzene rings is 1. The van der Waals surface area contributed by atoms with Crippen molar-refractivity contribution in [1.82, 2.24) is 15.1 Å². The summed E-state index contributed by atoms with van der Waals surface area (Å²) in [6.45, 7) is 6.44. The van der Waals surface area contributed by atoms with E-state index in [0.717, 1.165) is 50.1 Å². The Morgan fingerprint density at radius 3 is 2.46 bits per heavy atom. The summed E-state index contributed by atoms with van der Waals surface area (Å²) in [6.07, 6.45) is 0. The van der Waals surface area contributed by atoms with Gasteiger partial charge in [-0.1, -0.05) is 12.1 Å². The molecule has 8 heteroatoms. The smallest absolute Gasteiger partial charge is 0.243 e. The van der Waals surface area contributed by atoms with Crippen LogP contribution in [-0.2, 0) is 4.79 Å². The highest BCUT2D eigenvalue weighted by Crippen LogP contribution is 2.28. The molecule has 1 amide bonds. The minimum absolute atomic E-state index is 0. The number of aliphatic imine (C=N–C) groups is 1. The Balaban J connectivity index is 0.00000338. The van der Waals surface area contributed by atoms with Crippen molar-refractivity contribution in [3.8, 4) is 5.75 Å². The number of anilines is 1. The van der Waals surface area contributed by atoms with E-state index in [9.17, 15) is 4.79 Å². The van der Waals surface area contributed by atoms with E-state index in [-0.39, 0.29) is 36.4 Å². The first kappa shape index (κ1) is 22.3. The molecule has 1 fully saturated rings. The van der Waals surface area contributed by atoms with Gasteiger partial charge in [-0.3, -0.25) is 4.79 Å². The molecule has 1 N–H and O–H groups in total. The second-order valence-electron chi connectivity index (χ2n) is 6.10. The van der Waals surface area contributed by atoms with Gasteiger partial charge in [0.15, 0.2) is 5.96 Å².